The summed E-state index contributed by atoms with van der Waals surface area (Å²) in [4.78, 5) is 11.6. The van der Waals surface area contributed by atoms with Gasteiger partial charge in [-0.1, -0.05) is 0 Å². The van der Waals surface area contributed by atoms with Gasteiger partial charge in [0.1, 0.15) is 5.56 Å². The second kappa shape index (κ2) is 6.02. The van der Waals surface area contributed by atoms with Crippen molar-refractivity contribution in [1.29, 1.82) is 0 Å². The number of piperidine rings is 1. The Labute approximate surface area is 107 Å². The Morgan fingerprint density at radius 2 is 2.41 bits per heavy atom. The lowest BCUT2D eigenvalue weighted by molar-refractivity contribution is 0.0598. The first-order valence-electron chi connectivity index (χ1n) is 5.55. The van der Waals surface area contributed by atoms with Crippen LogP contribution in [0, 0.1) is 0 Å². The molecule has 0 saturated carbocycles. The van der Waals surface area contributed by atoms with Crippen LogP contribution < -0.4 is 5.32 Å². The van der Waals surface area contributed by atoms with E-state index < -0.39 is 0 Å². The predicted octanol–water partition coefficient (Wildman–Crippen LogP) is 1.10. The van der Waals surface area contributed by atoms with E-state index in [0.717, 1.165) is 31.6 Å². The van der Waals surface area contributed by atoms with Crippen molar-refractivity contribution in [2.24, 2.45) is 7.05 Å². The molecule has 0 aliphatic carbocycles. The van der Waals surface area contributed by atoms with E-state index in [1.54, 1.807) is 10.9 Å². The molecule has 5 nitrogen and oxygen atoms in total. The molecule has 1 aromatic rings. The number of rotatable bonds is 2. The number of esters is 1. The summed E-state index contributed by atoms with van der Waals surface area (Å²) in [6.07, 6.45) is 3.94. The summed E-state index contributed by atoms with van der Waals surface area (Å²) in [7, 11) is 3.23. The molecule has 0 bridgehead atoms. The van der Waals surface area contributed by atoms with Crippen molar-refractivity contribution >= 4 is 18.4 Å². The zero-order valence-electron chi connectivity index (χ0n) is 10.1. The maximum atomic E-state index is 11.6. The molecule has 6 heteroatoms. The topological polar surface area (TPSA) is 56.2 Å². The van der Waals surface area contributed by atoms with Crippen molar-refractivity contribution in [2.45, 2.75) is 18.8 Å². The highest BCUT2D eigenvalue weighted by Crippen LogP contribution is 2.25. The van der Waals surface area contributed by atoms with E-state index in [4.69, 9.17) is 4.74 Å². The summed E-state index contributed by atoms with van der Waals surface area (Å²) in [6.45, 7) is 1.94. The third-order valence-corrected chi connectivity index (χ3v) is 2.95. The third-order valence-electron chi connectivity index (χ3n) is 2.95. The number of carbonyl (C=O) groups excluding carboxylic acids is 1. The SMILES string of the molecule is COC(=O)c1cn(C)nc1C1CCCNC1.Cl. The van der Waals surface area contributed by atoms with Gasteiger partial charge in [0, 0.05) is 25.7 Å². The number of halogens is 1. The minimum Gasteiger partial charge on any atom is -0.465 e. The van der Waals surface area contributed by atoms with Gasteiger partial charge >= 0.3 is 5.97 Å². The smallest absolute Gasteiger partial charge is 0.341 e. The Balaban J connectivity index is 0.00000144. The quantitative estimate of drug-likeness (QED) is 0.808. The summed E-state index contributed by atoms with van der Waals surface area (Å²) in [5.41, 5.74) is 1.46. The largest absolute Gasteiger partial charge is 0.465 e. The van der Waals surface area contributed by atoms with Crippen LogP contribution in [0.25, 0.3) is 0 Å². The average molecular weight is 260 g/mol. The van der Waals surface area contributed by atoms with Gasteiger partial charge in [0.05, 0.1) is 12.8 Å². The minimum absolute atomic E-state index is 0. The predicted molar refractivity (Wildman–Crippen MR) is 66.6 cm³/mol. The van der Waals surface area contributed by atoms with E-state index in [9.17, 15) is 4.79 Å². The molecule has 0 aromatic carbocycles. The van der Waals surface area contributed by atoms with Gasteiger partial charge in [-0.3, -0.25) is 4.68 Å². The van der Waals surface area contributed by atoms with Crippen LogP contribution in [0.1, 0.15) is 34.8 Å². The van der Waals surface area contributed by atoms with Gasteiger partial charge in [-0.25, -0.2) is 4.79 Å². The van der Waals surface area contributed by atoms with Gasteiger partial charge in [-0.05, 0) is 19.4 Å². The molecule has 1 aliphatic rings. The number of aromatic nitrogens is 2. The first-order chi connectivity index (χ1) is 7.72. The molecule has 1 aliphatic heterocycles. The normalized spacial score (nSPS) is 19.5. The average Bonchev–Trinajstić information content (AvgIpc) is 2.71. The van der Waals surface area contributed by atoms with E-state index in [2.05, 4.69) is 10.4 Å². The fraction of sp³-hybridized carbons (Fsp3) is 0.636. The molecule has 96 valence electrons. The zero-order chi connectivity index (χ0) is 11.5. The second-order valence-electron chi connectivity index (χ2n) is 4.14. The van der Waals surface area contributed by atoms with Crippen molar-refractivity contribution in [3.05, 3.63) is 17.5 Å². The van der Waals surface area contributed by atoms with Gasteiger partial charge in [0.2, 0.25) is 0 Å². The van der Waals surface area contributed by atoms with Crippen LogP contribution in [0.5, 0.6) is 0 Å². The van der Waals surface area contributed by atoms with E-state index in [1.165, 1.54) is 7.11 Å². The highest BCUT2D eigenvalue weighted by molar-refractivity contribution is 5.90. The lowest BCUT2D eigenvalue weighted by Gasteiger charge is -2.21. The van der Waals surface area contributed by atoms with Crippen molar-refractivity contribution < 1.29 is 9.53 Å². The summed E-state index contributed by atoms with van der Waals surface area (Å²) in [5, 5.41) is 7.70. The molecule has 2 rings (SSSR count). The molecule has 0 spiro atoms. The number of nitrogens with zero attached hydrogens (tertiary/aromatic N) is 2. The first-order valence-corrected chi connectivity index (χ1v) is 5.55. The van der Waals surface area contributed by atoms with Crippen molar-refractivity contribution in [3.63, 3.8) is 0 Å². The Kier molecular flexibility index (Phi) is 4.96. The number of nitrogens with one attached hydrogen (secondary N) is 1. The van der Waals surface area contributed by atoms with E-state index >= 15 is 0 Å². The van der Waals surface area contributed by atoms with Crippen molar-refractivity contribution in [2.75, 3.05) is 20.2 Å². The Bertz CT molecular complexity index is 386. The molecule has 1 atom stereocenters. The Morgan fingerprint density at radius 1 is 1.65 bits per heavy atom. The Hall–Kier alpha value is -1.07. The molecule has 0 amide bonds. The minimum atomic E-state index is -0.298. The van der Waals surface area contributed by atoms with Crippen LogP contribution in [0.3, 0.4) is 0 Å². The van der Waals surface area contributed by atoms with Gasteiger partial charge in [-0.15, -0.1) is 12.4 Å². The summed E-state index contributed by atoms with van der Waals surface area (Å²) < 4.78 is 6.45. The van der Waals surface area contributed by atoms with Gasteiger partial charge in [0.15, 0.2) is 0 Å². The molecule has 1 N–H and O–H groups in total. The molecule has 1 saturated heterocycles. The maximum absolute atomic E-state index is 11.6. The zero-order valence-corrected chi connectivity index (χ0v) is 10.9. The molecular formula is C11H18ClN3O2. The number of hydrogen-bond donors (Lipinski definition) is 1. The lowest BCUT2D eigenvalue weighted by Crippen LogP contribution is -2.29. The first kappa shape index (κ1) is 14.0. The summed E-state index contributed by atoms with van der Waals surface area (Å²) in [6, 6.07) is 0. The highest BCUT2D eigenvalue weighted by atomic mass is 35.5. The molecule has 2 heterocycles. The number of hydrogen-bond acceptors (Lipinski definition) is 4. The summed E-state index contributed by atoms with van der Waals surface area (Å²) in [5.74, 6) is 0.0257. The van der Waals surface area contributed by atoms with Gasteiger partial charge < -0.3 is 10.1 Å². The fourth-order valence-corrected chi connectivity index (χ4v) is 2.16. The van der Waals surface area contributed by atoms with Crippen molar-refractivity contribution in [1.82, 2.24) is 15.1 Å². The van der Waals surface area contributed by atoms with Crippen LogP contribution in [0.4, 0.5) is 0 Å². The van der Waals surface area contributed by atoms with E-state index in [0.29, 0.717) is 11.5 Å². The van der Waals surface area contributed by atoms with Gasteiger partial charge in [-0.2, -0.15) is 5.10 Å². The van der Waals surface area contributed by atoms with Crippen LogP contribution in [0.2, 0.25) is 0 Å². The Morgan fingerprint density at radius 3 is 3.00 bits per heavy atom. The number of carbonyl (C=O) groups is 1. The van der Waals surface area contributed by atoms with Crippen LogP contribution in [-0.4, -0.2) is 35.9 Å². The summed E-state index contributed by atoms with van der Waals surface area (Å²) >= 11 is 0. The van der Waals surface area contributed by atoms with Crippen molar-refractivity contribution in [3.8, 4) is 0 Å². The second-order valence-corrected chi connectivity index (χ2v) is 4.14. The monoisotopic (exact) mass is 259 g/mol. The molecule has 1 aromatic heterocycles. The van der Waals surface area contributed by atoms with E-state index in [-0.39, 0.29) is 18.4 Å². The fourth-order valence-electron chi connectivity index (χ4n) is 2.16. The van der Waals surface area contributed by atoms with Crippen LogP contribution in [-0.2, 0) is 11.8 Å². The lowest BCUT2D eigenvalue weighted by atomic mass is 9.94. The molecule has 1 fully saturated rings. The molecule has 1 unspecified atom stereocenters. The number of ether oxygens (including phenoxy) is 1. The molecule has 17 heavy (non-hydrogen) atoms. The molecular weight excluding hydrogens is 242 g/mol. The van der Waals surface area contributed by atoms with Crippen LogP contribution in [0.15, 0.2) is 6.20 Å². The molecule has 0 radical (unpaired) electrons. The number of aryl methyl sites for hydroxylation is 1. The maximum Gasteiger partial charge on any atom is 0.341 e. The van der Waals surface area contributed by atoms with Gasteiger partial charge in [0.25, 0.3) is 0 Å². The van der Waals surface area contributed by atoms with E-state index in [1.807, 2.05) is 7.05 Å². The highest BCUT2D eigenvalue weighted by Gasteiger charge is 2.24. The number of methoxy groups -OCH3 is 1. The third kappa shape index (κ3) is 2.98. The standard InChI is InChI=1S/C11H17N3O2.ClH/c1-14-7-9(11(15)16-2)10(13-14)8-4-3-5-12-6-8;/h7-8,12H,3-6H2,1-2H3;1H. The van der Waals surface area contributed by atoms with Crippen LogP contribution >= 0.6 is 12.4 Å².